The van der Waals surface area contributed by atoms with Crippen LogP contribution in [0.25, 0.3) is 0 Å². The third-order valence-corrected chi connectivity index (χ3v) is 3.53. The quantitative estimate of drug-likeness (QED) is 0.801. The number of aliphatic hydroxyl groups is 1. The van der Waals surface area contributed by atoms with Gasteiger partial charge in [-0.3, -0.25) is 0 Å². The van der Waals surface area contributed by atoms with Crippen molar-refractivity contribution in [2.45, 2.75) is 50.7 Å². The third-order valence-electron chi connectivity index (χ3n) is 3.53. The first-order valence-corrected chi connectivity index (χ1v) is 6.37. The van der Waals surface area contributed by atoms with Gasteiger partial charge in [0.05, 0.1) is 23.4 Å². The van der Waals surface area contributed by atoms with Crippen LogP contribution in [0.4, 0.5) is 17.6 Å². The SMILES string of the molecule is CC1CC(O)(c2ccc(C(F)(F)F)c(F)c2)CC(C)O1. The van der Waals surface area contributed by atoms with E-state index in [0.717, 1.165) is 12.1 Å². The number of benzene rings is 1. The average Bonchev–Trinajstić information content (AvgIpc) is 2.24. The van der Waals surface area contributed by atoms with Crippen molar-refractivity contribution in [1.29, 1.82) is 0 Å². The lowest BCUT2D eigenvalue weighted by Gasteiger charge is -2.39. The molecule has 0 aromatic heterocycles. The molecule has 1 aromatic rings. The zero-order chi connectivity index (χ0) is 15.1. The molecular formula is C14H16F4O2. The van der Waals surface area contributed by atoms with Crippen molar-refractivity contribution in [2.75, 3.05) is 0 Å². The molecule has 6 heteroatoms. The molecule has 1 aromatic carbocycles. The Labute approximate surface area is 114 Å². The van der Waals surface area contributed by atoms with Crippen LogP contribution in [-0.2, 0) is 16.5 Å². The molecule has 2 unspecified atom stereocenters. The van der Waals surface area contributed by atoms with Gasteiger partial charge in [-0.2, -0.15) is 13.2 Å². The minimum Gasteiger partial charge on any atom is -0.385 e. The molecule has 2 atom stereocenters. The molecule has 0 spiro atoms. The van der Waals surface area contributed by atoms with Gasteiger partial charge in [0.1, 0.15) is 5.82 Å². The lowest BCUT2D eigenvalue weighted by Crippen LogP contribution is -2.41. The summed E-state index contributed by atoms with van der Waals surface area (Å²) in [5, 5.41) is 10.6. The summed E-state index contributed by atoms with van der Waals surface area (Å²) in [6, 6.07) is 2.58. The van der Waals surface area contributed by atoms with Gasteiger partial charge in [-0.25, -0.2) is 4.39 Å². The third kappa shape index (κ3) is 2.96. The molecular weight excluding hydrogens is 276 g/mol. The van der Waals surface area contributed by atoms with Crippen LogP contribution in [0.15, 0.2) is 18.2 Å². The highest BCUT2D eigenvalue weighted by molar-refractivity contribution is 5.31. The van der Waals surface area contributed by atoms with Gasteiger partial charge < -0.3 is 9.84 Å². The van der Waals surface area contributed by atoms with Gasteiger partial charge in [0, 0.05) is 12.8 Å². The van der Waals surface area contributed by atoms with Crippen LogP contribution in [-0.4, -0.2) is 17.3 Å². The van der Waals surface area contributed by atoms with Crippen molar-refractivity contribution >= 4 is 0 Å². The molecule has 1 aliphatic rings. The number of ether oxygens (including phenoxy) is 1. The summed E-state index contributed by atoms with van der Waals surface area (Å²) in [6.07, 6.45) is -4.77. The van der Waals surface area contributed by atoms with E-state index in [9.17, 15) is 22.7 Å². The largest absolute Gasteiger partial charge is 0.419 e. The number of halogens is 4. The Morgan fingerprint density at radius 2 is 1.75 bits per heavy atom. The van der Waals surface area contributed by atoms with Crippen LogP contribution in [0.5, 0.6) is 0 Å². The molecule has 0 bridgehead atoms. The highest BCUT2D eigenvalue weighted by Crippen LogP contribution is 2.39. The van der Waals surface area contributed by atoms with Gasteiger partial charge in [-0.05, 0) is 31.5 Å². The van der Waals surface area contributed by atoms with E-state index in [2.05, 4.69) is 0 Å². The zero-order valence-electron chi connectivity index (χ0n) is 11.2. The maximum Gasteiger partial charge on any atom is 0.419 e. The van der Waals surface area contributed by atoms with Crippen molar-refractivity contribution in [2.24, 2.45) is 0 Å². The van der Waals surface area contributed by atoms with E-state index >= 15 is 0 Å². The molecule has 0 saturated carbocycles. The van der Waals surface area contributed by atoms with E-state index in [1.54, 1.807) is 13.8 Å². The van der Waals surface area contributed by atoms with Crippen LogP contribution >= 0.6 is 0 Å². The fraction of sp³-hybridized carbons (Fsp3) is 0.571. The second kappa shape index (κ2) is 5.00. The van der Waals surface area contributed by atoms with Crippen LogP contribution in [0.2, 0.25) is 0 Å². The van der Waals surface area contributed by atoms with Crippen LogP contribution in [0.3, 0.4) is 0 Å². The van der Waals surface area contributed by atoms with Gasteiger partial charge in [0.2, 0.25) is 0 Å². The zero-order valence-corrected chi connectivity index (χ0v) is 11.2. The Morgan fingerprint density at radius 1 is 1.20 bits per heavy atom. The molecule has 1 N–H and O–H groups in total. The Morgan fingerprint density at radius 3 is 2.20 bits per heavy atom. The topological polar surface area (TPSA) is 29.5 Å². The number of rotatable bonds is 1. The van der Waals surface area contributed by atoms with Crippen molar-refractivity contribution in [1.82, 2.24) is 0 Å². The second-order valence-electron chi connectivity index (χ2n) is 5.39. The Hall–Kier alpha value is -1.14. The predicted octanol–water partition coefficient (Wildman–Crippen LogP) is 3.62. The first kappa shape index (κ1) is 15.3. The lowest BCUT2D eigenvalue weighted by molar-refractivity contribution is -0.141. The van der Waals surface area contributed by atoms with Gasteiger partial charge in [-0.1, -0.05) is 6.07 Å². The molecule has 0 aliphatic carbocycles. The van der Waals surface area contributed by atoms with E-state index in [1.807, 2.05) is 0 Å². The molecule has 2 nitrogen and oxygen atoms in total. The maximum absolute atomic E-state index is 13.6. The minimum atomic E-state index is -4.73. The van der Waals surface area contributed by atoms with E-state index < -0.39 is 23.2 Å². The molecule has 1 saturated heterocycles. The van der Waals surface area contributed by atoms with Gasteiger partial charge in [-0.15, -0.1) is 0 Å². The maximum atomic E-state index is 13.6. The van der Waals surface area contributed by atoms with Gasteiger partial charge in [0.25, 0.3) is 0 Å². The summed E-state index contributed by atoms with van der Waals surface area (Å²) in [6.45, 7) is 3.53. The van der Waals surface area contributed by atoms with Crippen molar-refractivity contribution < 1.29 is 27.4 Å². The summed E-state index contributed by atoms with van der Waals surface area (Å²) in [5.41, 5.74) is -2.52. The summed E-state index contributed by atoms with van der Waals surface area (Å²) < 4.78 is 56.6. The molecule has 0 radical (unpaired) electrons. The van der Waals surface area contributed by atoms with Crippen molar-refractivity contribution in [3.8, 4) is 0 Å². The standard InChI is InChI=1S/C14H16F4O2/c1-8-6-13(19,7-9(2)20-8)10-3-4-11(12(15)5-10)14(16,17)18/h3-5,8-9,19H,6-7H2,1-2H3. The second-order valence-corrected chi connectivity index (χ2v) is 5.39. The van der Waals surface area contributed by atoms with Gasteiger partial charge >= 0.3 is 6.18 Å². The van der Waals surface area contributed by atoms with Crippen LogP contribution < -0.4 is 0 Å². The highest BCUT2D eigenvalue weighted by atomic mass is 19.4. The smallest absolute Gasteiger partial charge is 0.385 e. The molecule has 0 amide bonds. The van der Waals surface area contributed by atoms with Crippen molar-refractivity contribution in [3.63, 3.8) is 0 Å². The van der Waals surface area contributed by atoms with E-state index in [-0.39, 0.29) is 30.6 Å². The Bertz CT molecular complexity index is 488. The normalized spacial score (nSPS) is 31.4. The number of hydrogen-bond acceptors (Lipinski definition) is 2. The summed E-state index contributed by atoms with van der Waals surface area (Å²) in [5.74, 6) is -1.37. The van der Waals surface area contributed by atoms with E-state index in [1.165, 1.54) is 0 Å². The van der Waals surface area contributed by atoms with Crippen molar-refractivity contribution in [3.05, 3.63) is 35.1 Å². The summed E-state index contributed by atoms with van der Waals surface area (Å²) in [7, 11) is 0. The van der Waals surface area contributed by atoms with Gasteiger partial charge in [0.15, 0.2) is 0 Å². The number of hydrogen-bond donors (Lipinski definition) is 1. The fourth-order valence-electron chi connectivity index (χ4n) is 2.80. The molecule has 1 aliphatic heterocycles. The predicted molar refractivity (Wildman–Crippen MR) is 64.5 cm³/mol. The highest BCUT2D eigenvalue weighted by Gasteiger charge is 2.40. The summed E-state index contributed by atoms with van der Waals surface area (Å²) >= 11 is 0. The number of alkyl halides is 3. The first-order chi connectivity index (χ1) is 9.12. The van der Waals surface area contributed by atoms with Crippen LogP contribution in [0.1, 0.15) is 37.8 Å². The average molecular weight is 292 g/mol. The van der Waals surface area contributed by atoms with Crippen LogP contribution in [0, 0.1) is 5.82 Å². The fourth-order valence-corrected chi connectivity index (χ4v) is 2.80. The molecule has 1 heterocycles. The first-order valence-electron chi connectivity index (χ1n) is 6.37. The molecule has 20 heavy (non-hydrogen) atoms. The molecule has 112 valence electrons. The lowest BCUT2D eigenvalue weighted by atomic mass is 9.81. The monoisotopic (exact) mass is 292 g/mol. The Balaban J connectivity index is 2.36. The van der Waals surface area contributed by atoms with E-state index in [0.29, 0.717) is 6.07 Å². The van der Waals surface area contributed by atoms with E-state index in [4.69, 9.17) is 4.74 Å². The Kier molecular flexibility index (Phi) is 3.81. The summed E-state index contributed by atoms with van der Waals surface area (Å²) in [4.78, 5) is 0. The molecule has 1 fully saturated rings. The molecule has 2 rings (SSSR count). The minimum absolute atomic E-state index is 0.157.